The lowest BCUT2D eigenvalue weighted by molar-refractivity contribution is 0.0694. The fourth-order valence-corrected chi connectivity index (χ4v) is 4.06. The average molecular weight is 311 g/mol. The number of carboxylic acids is 1. The maximum Gasteiger partial charge on any atom is 0.338 e. The van der Waals surface area contributed by atoms with Crippen molar-refractivity contribution in [1.29, 1.82) is 0 Å². The molecule has 0 unspecified atom stereocenters. The van der Waals surface area contributed by atoms with Crippen molar-refractivity contribution in [1.82, 2.24) is 0 Å². The topological polar surface area (TPSA) is 49.3 Å². The molecule has 0 aromatic heterocycles. The largest absolute Gasteiger partial charge is 0.478 e. The quantitative estimate of drug-likeness (QED) is 0.798. The summed E-state index contributed by atoms with van der Waals surface area (Å²) >= 11 is 3.42. The van der Waals surface area contributed by atoms with Crippen LogP contribution in [-0.4, -0.2) is 34.9 Å². The minimum atomic E-state index is -0.852. The van der Waals surface area contributed by atoms with Crippen molar-refractivity contribution >= 4 is 35.2 Å². The Morgan fingerprint density at radius 2 is 1.95 bits per heavy atom. The van der Waals surface area contributed by atoms with Crippen molar-refractivity contribution in [3.63, 3.8) is 0 Å². The lowest BCUT2D eigenvalue weighted by atomic mass is 9.94. The SMILES string of the molecule is CSc1cccc(NC2CCC(SC)CC2)c1C(=O)O. The summed E-state index contributed by atoms with van der Waals surface area (Å²) in [4.78, 5) is 12.3. The van der Waals surface area contributed by atoms with Gasteiger partial charge in [-0.15, -0.1) is 11.8 Å². The molecule has 0 atom stereocenters. The molecule has 1 saturated carbocycles. The van der Waals surface area contributed by atoms with E-state index in [0.29, 0.717) is 11.6 Å². The van der Waals surface area contributed by atoms with Gasteiger partial charge in [0.1, 0.15) is 0 Å². The van der Waals surface area contributed by atoms with Gasteiger partial charge in [0.2, 0.25) is 0 Å². The minimum absolute atomic E-state index is 0.397. The van der Waals surface area contributed by atoms with Crippen LogP contribution in [0.15, 0.2) is 23.1 Å². The summed E-state index contributed by atoms with van der Waals surface area (Å²) in [6, 6.07) is 6.07. The third kappa shape index (κ3) is 3.64. The van der Waals surface area contributed by atoms with E-state index in [0.717, 1.165) is 28.7 Å². The highest BCUT2D eigenvalue weighted by Crippen LogP contribution is 2.32. The first kappa shape index (κ1) is 15.6. The number of carbonyl (C=O) groups is 1. The van der Waals surface area contributed by atoms with E-state index in [1.54, 1.807) is 0 Å². The second-order valence-electron chi connectivity index (χ2n) is 5.04. The van der Waals surface area contributed by atoms with E-state index in [-0.39, 0.29) is 0 Å². The molecule has 0 radical (unpaired) electrons. The molecule has 3 nitrogen and oxygen atoms in total. The zero-order chi connectivity index (χ0) is 14.5. The van der Waals surface area contributed by atoms with Crippen LogP contribution >= 0.6 is 23.5 Å². The van der Waals surface area contributed by atoms with Crippen LogP contribution in [0.1, 0.15) is 36.0 Å². The molecule has 0 spiro atoms. The molecule has 2 N–H and O–H groups in total. The molecule has 110 valence electrons. The van der Waals surface area contributed by atoms with Crippen LogP contribution in [0.3, 0.4) is 0 Å². The Balaban J connectivity index is 2.12. The van der Waals surface area contributed by atoms with Gasteiger partial charge in [-0.1, -0.05) is 6.07 Å². The molecule has 1 fully saturated rings. The van der Waals surface area contributed by atoms with Gasteiger partial charge >= 0.3 is 5.97 Å². The molecule has 5 heteroatoms. The summed E-state index contributed by atoms with van der Waals surface area (Å²) in [5, 5.41) is 13.6. The number of anilines is 1. The molecule has 0 amide bonds. The Bertz CT molecular complexity index is 471. The van der Waals surface area contributed by atoms with Crippen LogP contribution in [0, 0.1) is 0 Å². The van der Waals surface area contributed by atoms with Crippen LogP contribution < -0.4 is 5.32 Å². The molecule has 1 aromatic rings. The molecule has 0 saturated heterocycles. The summed E-state index contributed by atoms with van der Waals surface area (Å²) in [5.74, 6) is -0.852. The number of aromatic carboxylic acids is 1. The van der Waals surface area contributed by atoms with Crippen LogP contribution in [-0.2, 0) is 0 Å². The van der Waals surface area contributed by atoms with Crippen LogP contribution in [0.4, 0.5) is 5.69 Å². The van der Waals surface area contributed by atoms with Crippen molar-refractivity contribution in [2.75, 3.05) is 17.8 Å². The number of rotatable bonds is 5. The van der Waals surface area contributed by atoms with Gasteiger partial charge in [-0.3, -0.25) is 0 Å². The maximum absolute atomic E-state index is 11.5. The van der Waals surface area contributed by atoms with Crippen LogP contribution in [0.2, 0.25) is 0 Å². The van der Waals surface area contributed by atoms with Gasteiger partial charge in [-0.05, 0) is 50.3 Å². The first-order valence-electron chi connectivity index (χ1n) is 6.85. The Kier molecular flexibility index (Phi) is 5.66. The van der Waals surface area contributed by atoms with Gasteiger partial charge in [0, 0.05) is 16.2 Å². The predicted octanol–water partition coefficient (Wildman–Crippen LogP) is 4.19. The number of carboxylic acid groups (broad SMARTS) is 1. The van der Waals surface area contributed by atoms with E-state index < -0.39 is 5.97 Å². The van der Waals surface area contributed by atoms with Gasteiger partial charge in [0.25, 0.3) is 0 Å². The molecule has 0 bridgehead atoms. The number of hydrogen-bond acceptors (Lipinski definition) is 4. The Morgan fingerprint density at radius 1 is 1.25 bits per heavy atom. The van der Waals surface area contributed by atoms with Gasteiger partial charge in [-0.2, -0.15) is 11.8 Å². The molecule has 1 aromatic carbocycles. The highest BCUT2D eigenvalue weighted by Gasteiger charge is 2.22. The summed E-state index contributed by atoms with van der Waals surface area (Å²) < 4.78 is 0. The van der Waals surface area contributed by atoms with Crippen LogP contribution in [0.5, 0.6) is 0 Å². The number of hydrogen-bond donors (Lipinski definition) is 2. The molecule has 1 aliphatic rings. The molecular formula is C15H21NO2S2. The van der Waals surface area contributed by atoms with Gasteiger partial charge in [0.05, 0.1) is 11.3 Å². The Morgan fingerprint density at radius 3 is 2.50 bits per heavy atom. The van der Waals surface area contributed by atoms with E-state index in [9.17, 15) is 9.90 Å². The van der Waals surface area contributed by atoms with E-state index >= 15 is 0 Å². The lowest BCUT2D eigenvalue weighted by Crippen LogP contribution is -2.27. The summed E-state index contributed by atoms with van der Waals surface area (Å²) in [5.41, 5.74) is 1.17. The average Bonchev–Trinajstić information content (AvgIpc) is 2.47. The summed E-state index contributed by atoms with van der Waals surface area (Å²) in [7, 11) is 0. The van der Waals surface area contributed by atoms with Gasteiger partial charge in [0.15, 0.2) is 0 Å². The van der Waals surface area contributed by atoms with E-state index in [4.69, 9.17) is 0 Å². The third-order valence-electron chi connectivity index (χ3n) is 3.83. The second-order valence-corrected chi connectivity index (χ2v) is 7.03. The molecule has 2 rings (SSSR count). The van der Waals surface area contributed by atoms with Crippen molar-refractivity contribution in [3.05, 3.63) is 23.8 Å². The van der Waals surface area contributed by atoms with E-state index in [1.165, 1.54) is 24.6 Å². The summed E-state index contributed by atoms with van der Waals surface area (Å²) in [6.45, 7) is 0. The van der Waals surface area contributed by atoms with E-state index in [1.807, 2.05) is 36.2 Å². The molecule has 1 aliphatic carbocycles. The fourth-order valence-electron chi connectivity index (χ4n) is 2.70. The monoisotopic (exact) mass is 311 g/mol. The zero-order valence-electron chi connectivity index (χ0n) is 11.9. The Hall–Kier alpha value is -0.810. The fraction of sp³-hybridized carbons (Fsp3) is 0.533. The smallest absolute Gasteiger partial charge is 0.338 e. The summed E-state index contributed by atoms with van der Waals surface area (Å²) in [6.07, 6.45) is 8.74. The number of nitrogens with one attached hydrogen (secondary N) is 1. The van der Waals surface area contributed by atoms with Crippen molar-refractivity contribution in [2.24, 2.45) is 0 Å². The predicted molar refractivity (Wildman–Crippen MR) is 88.4 cm³/mol. The van der Waals surface area contributed by atoms with Gasteiger partial charge < -0.3 is 10.4 Å². The molecule has 0 aliphatic heterocycles. The normalized spacial score (nSPS) is 22.5. The molecule has 0 heterocycles. The number of thioether (sulfide) groups is 2. The van der Waals surface area contributed by atoms with Gasteiger partial charge in [-0.25, -0.2) is 4.79 Å². The van der Waals surface area contributed by atoms with Crippen LogP contribution in [0.25, 0.3) is 0 Å². The van der Waals surface area contributed by atoms with Crippen molar-refractivity contribution < 1.29 is 9.90 Å². The number of benzene rings is 1. The lowest BCUT2D eigenvalue weighted by Gasteiger charge is -2.29. The van der Waals surface area contributed by atoms with Crippen molar-refractivity contribution in [3.8, 4) is 0 Å². The van der Waals surface area contributed by atoms with Crippen molar-refractivity contribution in [2.45, 2.75) is 41.9 Å². The highest BCUT2D eigenvalue weighted by atomic mass is 32.2. The second kappa shape index (κ2) is 7.27. The minimum Gasteiger partial charge on any atom is -0.478 e. The Labute approximate surface area is 128 Å². The zero-order valence-corrected chi connectivity index (χ0v) is 13.5. The maximum atomic E-state index is 11.5. The molecule has 20 heavy (non-hydrogen) atoms. The highest BCUT2D eigenvalue weighted by molar-refractivity contribution is 7.99. The standard InChI is InChI=1S/C15H21NO2S2/c1-19-11-8-6-10(7-9-11)16-12-4-3-5-13(20-2)14(12)15(17)18/h3-5,10-11,16H,6-9H2,1-2H3,(H,17,18). The molecular weight excluding hydrogens is 290 g/mol. The first-order chi connectivity index (χ1) is 9.65. The third-order valence-corrected chi connectivity index (χ3v) is 5.75. The first-order valence-corrected chi connectivity index (χ1v) is 9.36. The van der Waals surface area contributed by atoms with E-state index in [2.05, 4.69) is 11.6 Å².